The fourth-order valence-corrected chi connectivity index (χ4v) is 3.07. The van der Waals surface area contributed by atoms with Crippen LogP contribution in [0.25, 0.3) is 0 Å². The van der Waals surface area contributed by atoms with Crippen molar-refractivity contribution in [2.75, 3.05) is 5.32 Å². The van der Waals surface area contributed by atoms with Crippen molar-refractivity contribution in [2.45, 2.75) is 33.0 Å². The van der Waals surface area contributed by atoms with Crippen LogP contribution in [0.5, 0.6) is 11.6 Å². The Balaban J connectivity index is 2.04. The Morgan fingerprint density at radius 2 is 1.91 bits per heavy atom. The van der Waals surface area contributed by atoms with E-state index in [4.69, 9.17) is 16.3 Å². The number of benzene rings is 1. The number of carbonyl (C=O) groups excluding carboxylic acids is 1. The molecule has 3 aromatic rings. The molecule has 2 aromatic heterocycles. The topological polar surface area (TPSA) is 86.1 Å². The van der Waals surface area contributed by atoms with Crippen LogP contribution in [0.15, 0.2) is 41.3 Å². The van der Waals surface area contributed by atoms with Gasteiger partial charge in [-0.2, -0.15) is 18.3 Å². The molecule has 0 aliphatic carbocycles. The van der Waals surface area contributed by atoms with Gasteiger partial charge in [0.25, 0.3) is 11.5 Å². The predicted octanol–water partition coefficient (Wildman–Crippen LogP) is 5.38. The summed E-state index contributed by atoms with van der Waals surface area (Å²) in [6.45, 7) is 4.95. The van der Waals surface area contributed by atoms with Gasteiger partial charge in [-0.25, -0.2) is 14.1 Å². The summed E-state index contributed by atoms with van der Waals surface area (Å²) in [5.74, 6) is -2.25. The van der Waals surface area contributed by atoms with Gasteiger partial charge in [0.15, 0.2) is 5.69 Å². The highest BCUT2D eigenvalue weighted by molar-refractivity contribution is 6.31. The predicted molar refractivity (Wildman–Crippen MR) is 112 cm³/mol. The minimum Gasteiger partial charge on any atom is -0.438 e. The second-order valence-electron chi connectivity index (χ2n) is 7.26. The van der Waals surface area contributed by atoms with Crippen molar-refractivity contribution in [3.8, 4) is 11.6 Å². The van der Waals surface area contributed by atoms with Gasteiger partial charge in [-0.1, -0.05) is 11.6 Å². The van der Waals surface area contributed by atoms with E-state index in [9.17, 15) is 27.2 Å². The fourth-order valence-electron chi connectivity index (χ4n) is 2.82. The third kappa shape index (κ3) is 5.48. The van der Waals surface area contributed by atoms with Crippen LogP contribution < -0.4 is 15.6 Å². The molecular formula is C21H17ClF4N4O3. The Morgan fingerprint density at radius 3 is 2.48 bits per heavy atom. The number of nitrogens with zero attached hydrogens (tertiary/aromatic N) is 3. The molecule has 33 heavy (non-hydrogen) atoms. The molecule has 0 bridgehead atoms. The Labute approximate surface area is 190 Å². The van der Waals surface area contributed by atoms with Gasteiger partial charge in [-0.15, -0.1) is 0 Å². The van der Waals surface area contributed by atoms with Gasteiger partial charge >= 0.3 is 6.18 Å². The van der Waals surface area contributed by atoms with Gasteiger partial charge in [0.1, 0.15) is 17.1 Å². The van der Waals surface area contributed by atoms with Crippen LogP contribution in [0.3, 0.4) is 0 Å². The number of amides is 1. The number of rotatable bonds is 5. The van der Waals surface area contributed by atoms with Crippen LogP contribution in [0, 0.1) is 12.7 Å². The second kappa shape index (κ2) is 9.18. The number of aromatic nitrogens is 3. The molecule has 174 valence electrons. The smallest absolute Gasteiger partial charge is 0.434 e. The first-order chi connectivity index (χ1) is 15.4. The molecule has 0 aliphatic rings. The van der Waals surface area contributed by atoms with E-state index in [1.165, 1.54) is 23.9 Å². The van der Waals surface area contributed by atoms with E-state index < -0.39 is 45.6 Å². The first-order valence-corrected chi connectivity index (χ1v) is 9.86. The molecule has 12 heteroatoms. The maximum atomic E-state index is 13.4. The van der Waals surface area contributed by atoms with Crippen LogP contribution >= 0.6 is 11.6 Å². The minimum absolute atomic E-state index is 0.00170. The van der Waals surface area contributed by atoms with Crippen molar-refractivity contribution in [1.82, 2.24) is 14.8 Å². The van der Waals surface area contributed by atoms with Crippen LogP contribution in [0.2, 0.25) is 5.02 Å². The van der Waals surface area contributed by atoms with E-state index in [1.54, 1.807) is 13.8 Å². The molecule has 0 saturated carbocycles. The largest absolute Gasteiger partial charge is 0.438 e. The standard InChI is InChI=1S/C21H17ClF4N4O3/c1-10(2)30-17(31)7-13(9-27-30)28-19(32)14-8-15(22)18(21(24,25)26)29-20(14)33-16-5-4-12(23)6-11(16)3/h4-10H,1-3H3,(H,28,32). The number of aryl methyl sites for hydroxylation is 1. The fraction of sp³-hybridized carbons (Fsp3) is 0.238. The molecule has 3 rings (SSSR count). The zero-order chi connectivity index (χ0) is 24.5. The highest BCUT2D eigenvalue weighted by atomic mass is 35.5. The lowest BCUT2D eigenvalue weighted by Gasteiger charge is -2.16. The number of ether oxygens (including phenoxy) is 1. The van der Waals surface area contributed by atoms with Gasteiger partial charge < -0.3 is 10.1 Å². The lowest BCUT2D eigenvalue weighted by atomic mass is 10.2. The summed E-state index contributed by atoms with van der Waals surface area (Å²) in [5.41, 5.74) is -2.14. The molecule has 1 N–H and O–H groups in total. The zero-order valence-corrected chi connectivity index (χ0v) is 18.3. The molecule has 0 saturated heterocycles. The van der Waals surface area contributed by atoms with E-state index in [2.05, 4.69) is 15.4 Å². The minimum atomic E-state index is -4.92. The summed E-state index contributed by atoms with van der Waals surface area (Å²) in [5, 5.41) is 5.47. The number of alkyl halides is 3. The SMILES string of the molecule is Cc1cc(F)ccc1Oc1nc(C(F)(F)F)c(Cl)cc1C(=O)Nc1cnn(C(C)C)c(=O)c1. The Morgan fingerprint density at radius 1 is 1.21 bits per heavy atom. The third-order valence-corrected chi connectivity index (χ3v) is 4.66. The van der Waals surface area contributed by atoms with Crippen molar-refractivity contribution >= 4 is 23.2 Å². The highest BCUT2D eigenvalue weighted by Crippen LogP contribution is 2.37. The van der Waals surface area contributed by atoms with Crippen molar-refractivity contribution in [2.24, 2.45) is 0 Å². The summed E-state index contributed by atoms with van der Waals surface area (Å²) < 4.78 is 60.0. The molecule has 0 atom stereocenters. The number of pyridine rings is 1. The Kier molecular flexibility index (Phi) is 6.73. The van der Waals surface area contributed by atoms with E-state index in [1.807, 2.05) is 0 Å². The quantitative estimate of drug-likeness (QED) is 0.491. The van der Waals surface area contributed by atoms with Crippen molar-refractivity contribution in [3.63, 3.8) is 0 Å². The number of nitrogens with one attached hydrogen (secondary N) is 1. The lowest BCUT2D eigenvalue weighted by Crippen LogP contribution is -2.25. The third-order valence-electron chi connectivity index (χ3n) is 4.37. The normalized spacial score (nSPS) is 11.5. The highest BCUT2D eigenvalue weighted by Gasteiger charge is 2.37. The summed E-state index contributed by atoms with van der Waals surface area (Å²) in [4.78, 5) is 28.4. The van der Waals surface area contributed by atoms with Crippen molar-refractivity contribution in [3.05, 3.63) is 74.5 Å². The summed E-state index contributed by atoms with van der Waals surface area (Å²) >= 11 is 5.74. The molecule has 7 nitrogen and oxygen atoms in total. The van der Waals surface area contributed by atoms with Gasteiger partial charge in [-0.3, -0.25) is 9.59 Å². The lowest BCUT2D eigenvalue weighted by molar-refractivity contribution is -0.141. The van der Waals surface area contributed by atoms with Crippen LogP contribution in [-0.4, -0.2) is 20.7 Å². The average Bonchev–Trinajstić information content (AvgIpc) is 2.69. The van der Waals surface area contributed by atoms with Crippen molar-refractivity contribution in [1.29, 1.82) is 0 Å². The van der Waals surface area contributed by atoms with E-state index in [-0.39, 0.29) is 23.0 Å². The Hall–Kier alpha value is -3.47. The second-order valence-corrected chi connectivity index (χ2v) is 7.66. The number of halogens is 5. The molecule has 0 fully saturated rings. The van der Waals surface area contributed by atoms with E-state index in [0.717, 1.165) is 24.3 Å². The first kappa shape index (κ1) is 24.2. The maximum Gasteiger partial charge on any atom is 0.434 e. The molecule has 1 aromatic carbocycles. The molecule has 0 aliphatic heterocycles. The average molecular weight is 485 g/mol. The number of carbonyl (C=O) groups is 1. The van der Waals surface area contributed by atoms with Gasteiger partial charge in [0.2, 0.25) is 5.88 Å². The number of hydrogen-bond donors (Lipinski definition) is 1. The number of hydrogen-bond acceptors (Lipinski definition) is 5. The number of anilines is 1. The van der Waals surface area contributed by atoms with E-state index >= 15 is 0 Å². The molecule has 0 unspecified atom stereocenters. The molecule has 1 amide bonds. The molecular weight excluding hydrogens is 468 g/mol. The van der Waals surface area contributed by atoms with Gasteiger partial charge in [-0.05, 0) is 50.6 Å². The molecule has 2 heterocycles. The summed E-state index contributed by atoms with van der Waals surface area (Å²) in [6, 6.07) is 4.96. The summed E-state index contributed by atoms with van der Waals surface area (Å²) in [7, 11) is 0. The Bertz CT molecular complexity index is 1280. The zero-order valence-electron chi connectivity index (χ0n) is 17.5. The molecule has 0 spiro atoms. The van der Waals surface area contributed by atoms with E-state index in [0.29, 0.717) is 0 Å². The van der Waals surface area contributed by atoms with Crippen LogP contribution in [0.4, 0.5) is 23.2 Å². The first-order valence-electron chi connectivity index (χ1n) is 9.48. The summed E-state index contributed by atoms with van der Waals surface area (Å²) in [6.07, 6.45) is -3.71. The molecule has 0 radical (unpaired) electrons. The van der Waals surface area contributed by atoms with Crippen LogP contribution in [0.1, 0.15) is 41.5 Å². The van der Waals surface area contributed by atoms with Crippen molar-refractivity contribution < 1.29 is 27.1 Å². The van der Waals surface area contributed by atoms with Gasteiger partial charge in [0, 0.05) is 6.07 Å². The van der Waals surface area contributed by atoms with Crippen LogP contribution in [-0.2, 0) is 6.18 Å². The monoisotopic (exact) mass is 484 g/mol. The van der Waals surface area contributed by atoms with Gasteiger partial charge in [0.05, 0.1) is 22.9 Å². The maximum absolute atomic E-state index is 13.4.